The van der Waals surface area contributed by atoms with Gasteiger partial charge in [0.05, 0.1) is 0 Å². The highest BCUT2D eigenvalue weighted by molar-refractivity contribution is 5.64. The van der Waals surface area contributed by atoms with Crippen LogP contribution in [0.25, 0.3) is 0 Å². The normalized spacial score (nSPS) is 11.7. The molecule has 0 saturated carbocycles. The van der Waals surface area contributed by atoms with E-state index in [2.05, 4.69) is 0 Å². The van der Waals surface area contributed by atoms with Crippen molar-refractivity contribution in [2.45, 2.75) is 57.3 Å². The van der Waals surface area contributed by atoms with Crippen LogP contribution in [0.15, 0.2) is 0 Å². The maximum absolute atomic E-state index is 10.9. The predicted molar refractivity (Wildman–Crippen MR) is 87.3 cm³/mol. The lowest BCUT2D eigenvalue weighted by Gasteiger charge is -2.28. The van der Waals surface area contributed by atoms with Crippen LogP contribution in [0.3, 0.4) is 0 Å². The number of hydrogen-bond donors (Lipinski definition) is 1. The van der Waals surface area contributed by atoms with Crippen LogP contribution in [0.2, 0.25) is 0 Å². The van der Waals surface area contributed by atoms with Crippen molar-refractivity contribution in [3.8, 4) is 0 Å². The van der Waals surface area contributed by atoms with Crippen LogP contribution >= 0.6 is 0 Å². The molecule has 0 rings (SSSR count). The summed E-state index contributed by atoms with van der Waals surface area (Å²) in [5, 5.41) is 8.95. The van der Waals surface area contributed by atoms with Crippen molar-refractivity contribution in [3.05, 3.63) is 0 Å². The van der Waals surface area contributed by atoms with Gasteiger partial charge in [-0.25, -0.2) is 4.79 Å². The van der Waals surface area contributed by atoms with Crippen LogP contribution in [0.5, 0.6) is 0 Å². The van der Waals surface area contributed by atoms with Crippen molar-refractivity contribution < 1.29 is 28.8 Å². The third kappa shape index (κ3) is 9.76. The molecule has 0 spiro atoms. The highest BCUT2D eigenvalue weighted by Crippen LogP contribution is 2.21. The van der Waals surface area contributed by atoms with Gasteiger partial charge in [-0.15, -0.1) is 0 Å². The smallest absolute Gasteiger partial charge is 0.409 e. The molecule has 0 aliphatic carbocycles. The molecule has 0 atom stereocenters. The lowest BCUT2D eigenvalue weighted by Crippen LogP contribution is -2.35. The molecule has 23 heavy (non-hydrogen) atoms. The Balaban J connectivity index is 3.58. The average Bonchev–Trinajstić information content (AvgIpc) is 2.56. The van der Waals surface area contributed by atoms with E-state index in [0.29, 0.717) is 13.0 Å². The lowest BCUT2D eigenvalue weighted by atomic mass is 10.1. The van der Waals surface area contributed by atoms with Crippen molar-refractivity contribution >= 4 is 6.09 Å². The van der Waals surface area contributed by atoms with Crippen LogP contribution in [0, 0.1) is 0 Å². The maximum atomic E-state index is 10.9. The molecular weight excluding hydrogens is 302 g/mol. The Morgan fingerprint density at radius 2 is 1.35 bits per heavy atom. The first-order chi connectivity index (χ1) is 11.0. The molecule has 138 valence electrons. The van der Waals surface area contributed by atoms with E-state index in [1.807, 2.05) is 0 Å². The minimum atomic E-state index is -0.926. The van der Waals surface area contributed by atoms with Gasteiger partial charge in [-0.1, -0.05) is 32.1 Å². The van der Waals surface area contributed by atoms with Gasteiger partial charge >= 0.3 is 6.09 Å². The molecular formula is C16H33NO6. The van der Waals surface area contributed by atoms with Gasteiger partial charge in [-0.3, -0.25) is 4.90 Å². The first kappa shape index (κ1) is 22.1. The number of carboxylic acid groups (broad SMARTS) is 1. The molecule has 0 aliphatic rings. The van der Waals surface area contributed by atoms with Crippen molar-refractivity contribution in [1.29, 1.82) is 0 Å². The Kier molecular flexibility index (Phi) is 13.0. The van der Waals surface area contributed by atoms with Gasteiger partial charge in [-0.05, 0) is 12.8 Å². The Morgan fingerprint density at radius 3 is 1.78 bits per heavy atom. The van der Waals surface area contributed by atoms with E-state index >= 15 is 0 Å². The maximum Gasteiger partial charge on any atom is 0.409 e. The summed E-state index contributed by atoms with van der Waals surface area (Å²) in [6, 6.07) is 0. The van der Waals surface area contributed by atoms with Gasteiger partial charge in [-0.2, -0.15) is 0 Å². The quantitative estimate of drug-likeness (QED) is 0.365. The molecule has 0 aromatic carbocycles. The molecule has 0 aromatic heterocycles. The van der Waals surface area contributed by atoms with Crippen LogP contribution in [-0.2, 0) is 18.9 Å². The van der Waals surface area contributed by atoms with Crippen LogP contribution in [0.4, 0.5) is 4.79 Å². The summed E-state index contributed by atoms with van der Waals surface area (Å²) >= 11 is 0. The number of ether oxygens (including phenoxy) is 4. The van der Waals surface area contributed by atoms with E-state index in [1.54, 1.807) is 21.3 Å². The molecule has 0 aliphatic heterocycles. The summed E-state index contributed by atoms with van der Waals surface area (Å²) in [4.78, 5) is 12.2. The van der Waals surface area contributed by atoms with Gasteiger partial charge in [0.25, 0.3) is 5.97 Å². The molecule has 0 saturated heterocycles. The second kappa shape index (κ2) is 13.5. The third-order valence-electron chi connectivity index (χ3n) is 3.90. The fourth-order valence-electron chi connectivity index (χ4n) is 2.46. The van der Waals surface area contributed by atoms with Crippen molar-refractivity contribution in [1.82, 2.24) is 4.90 Å². The zero-order valence-corrected chi connectivity index (χ0v) is 15.0. The third-order valence-corrected chi connectivity index (χ3v) is 3.90. The fraction of sp³-hybridized carbons (Fsp3) is 0.938. The number of hydrogen-bond acceptors (Lipinski definition) is 5. The Morgan fingerprint density at radius 1 is 0.870 bits per heavy atom. The highest BCUT2D eigenvalue weighted by atomic mass is 16.9. The van der Waals surface area contributed by atoms with Crippen LogP contribution < -0.4 is 0 Å². The van der Waals surface area contributed by atoms with E-state index in [9.17, 15) is 4.79 Å². The summed E-state index contributed by atoms with van der Waals surface area (Å²) < 4.78 is 20.6. The van der Waals surface area contributed by atoms with E-state index in [1.165, 1.54) is 12.0 Å². The van der Waals surface area contributed by atoms with Crippen LogP contribution in [0.1, 0.15) is 51.4 Å². The van der Waals surface area contributed by atoms with E-state index < -0.39 is 12.1 Å². The Hall–Kier alpha value is -0.890. The second-order valence-corrected chi connectivity index (χ2v) is 5.48. The molecule has 0 radical (unpaired) electrons. The molecule has 7 nitrogen and oxygen atoms in total. The predicted octanol–water partition coefficient (Wildman–Crippen LogP) is 3.28. The summed E-state index contributed by atoms with van der Waals surface area (Å²) in [6.45, 7) is 0.663. The Labute approximate surface area is 139 Å². The molecule has 0 bridgehead atoms. The number of unbranched alkanes of at least 4 members (excludes halogenated alkanes) is 6. The highest BCUT2D eigenvalue weighted by Gasteiger charge is 2.28. The first-order valence-electron chi connectivity index (χ1n) is 8.17. The Bertz CT molecular complexity index is 288. The van der Waals surface area contributed by atoms with Crippen LogP contribution in [-0.4, -0.2) is 63.8 Å². The number of methoxy groups -OCH3 is 4. The minimum absolute atomic E-state index is 0.135. The molecule has 7 heteroatoms. The zero-order valence-electron chi connectivity index (χ0n) is 15.0. The zero-order chi connectivity index (χ0) is 17.6. The second-order valence-electron chi connectivity index (χ2n) is 5.48. The first-order valence-corrected chi connectivity index (χ1v) is 8.17. The lowest BCUT2D eigenvalue weighted by molar-refractivity contribution is -0.355. The molecule has 1 N–H and O–H groups in total. The van der Waals surface area contributed by atoms with Crippen molar-refractivity contribution in [2.24, 2.45) is 0 Å². The fourth-order valence-corrected chi connectivity index (χ4v) is 2.46. The summed E-state index contributed by atoms with van der Waals surface area (Å²) in [6.07, 6.45) is 7.18. The van der Waals surface area contributed by atoms with Gasteiger partial charge in [0, 0.05) is 41.4 Å². The molecule has 0 heterocycles. The van der Waals surface area contributed by atoms with Gasteiger partial charge in [0.15, 0.2) is 0 Å². The van der Waals surface area contributed by atoms with E-state index in [4.69, 9.17) is 24.1 Å². The van der Waals surface area contributed by atoms with Gasteiger partial charge in [0.2, 0.25) is 0 Å². The van der Waals surface area contributed by atoms with E-state index in [0.717, 1.165) is 44.9 Å². The molecule has 0 fully saturated rings. The molecule has 0 unspecified atom stereocenters. The molecule has 1 amide bonds. The van der Waals surface area contributed by atoms with Gasteiger partial charge < -0.3 is 24.1 Å². The SMILES string of the molecule is COCN(CCCCCCCCCC(OC)(OC)OC)C(=O)O. The summed E-state index contributed by atoms with van der Waals surface area (Å²) in [5.41, 5.74) is 0. The topological polar surface area (TPSA) is 77.5 Å². The number of rotatable bonds is 15. The summed E-state index contributed by atoms with van der Waals surface area (Å²) in [7, 11) is 6.24. The van der Waals surface area contributed by atoms with Gasteiger partial charge in [0.1, 0.15) is 6.73 Å². The largest absolute Gasteiger partial charge is 0.465 e. The minimum Gasteiger partial charge on any atom is -0.465 e. The number of nitrogens with zero attached hydrogens (tertiary/aromatic N) is 1. The van der Waals surface area contributed by atoms with E-state index in [-0.39, 0.29) is 6.73 Å². The van der Waals surface area contributed by atoms with Crippen molar-refractivity contribution in [3.63, 3.8) is 0 Å². The summed E-state index contributed by atoms with van der Waals surface area (Å²) in [5.74, 6) is -0.915. The molecule has 0 aromatic rings. The standard InChI is InChI=1S/C16H33NO6/c1-20-14-17(15(18)19)13-11-9-7-5-6-8-10-12-16(21-2,22-3)23-4/h5-14H2,1-4H3,(H,18,19). The average molecular weight is 335 g/mol. The van der Waals surface area contributed by atoms with Crippen molar-refractivity contribution in [2.75, 3.05) is 41.7 Å². The number of amides is 1. The number of carbonyl (C=O) groups is 1. The monoisotopic (exact) mass is 335 g/mol.